The molecule has 1 heteroatoms. The van der Waals surface area contributed by atoms with E-state index in [2.05, 4.69) is 164 Å². The van der Waals surface area contributed by atoms with Crippen LogP contribution in [-0.4, -0.2) is 8.07 Å². The van der Waals surface area contributed by atoms with Crippen molar-refractivity contribution in [3.8, 4) is 0 Å². The molecular formula is C44H62Si. The van der Waals surface area contributed by atoms with Crippen molar-refractivity contribution in [1.29, 1.82) is 0 Å². The predicted octanol–water partition coefficient (Wildman–Crippen LogP) is 11.3. The fourth-order valence-corrected chi connectivity index (χ4v) is 12.7. The van der Waals surface area contributed by atoms with E-state index in [0.717, 1.165) is 6.42 Å². The van der Waals surface area contributed by atoms with E-state index in [0.29, 0.717) is 41.4 Å². The van der Waals surface area contributed by atoms with Crippen molar-refractivity contribution in [2.45, 2.75) is 139 Å². The summed E-state index contributed by atoms with van der Waals surface area (Å²) in [4.78, 5) is 0. The number of hydrogen-bond donors (Lipinski definition) is 0. The molecule has 242 valence electrons. The molecule has 0 bridgehead atoms. The van der Waals surface area contributed by atoms with Gasteiger partial charge < -0.3 is 0 Å². The summed E-state index contributed by atoms with van der Waals surface area (Å²) in [6, 6.07) is 23.3. The van der Waals surface area contributed by atoms with Gasteiger partial charge in [0, 0.05) is 0 Å². The summed E-state index contributed by atoms with van der Waals surface area (Å²) in [6.07, 6.45) is 5.98. The molecule has 0 unspecified atom stereocenters. The lowest BCUT2D eigenvalue weighted by molar-refractivity contribution is 0.789. The van der Waals surface area contributed by atoms with Gasteiger partial charge in [-0.1, -0.05) is 169 Å². The van der Waals surface area contributed by atoms with Gasteiger partial charge in [-0.3, -0.25) is 0 Å². The Hall–Kier alpha value is -2.64. The lowest BCUT2D eigenvalue weighted by atomic mass is 9.95. The number of hydrogen-bond acceptors (Lipinski definition) is 0. The average Bonchev–Trinajstić information content (AvgIpc) is 3.47. The van der Waals surface area contributed by atoms with Crippen LogP contribution in [0.15, 0.2) is 77.5 Å². The zero-order valence-corrected chi connectivity index (χ0v) is 32.1. The molecular weight excluding hydrogens is 557 g/mol. The average molecular weight is 619 g/mol. The van der Waals surface area contributed by atoms with Gasteiger partial charge in [0.15, 0.2) is 8.07 Å². The Morgan fingerprint density at radius 1 is 0.378 bits per heavy atom. The zero-order valence-electron chi connectivity index (χ0n) is 31.1. The van der Waals surface area contributed by atoms with Crippen LogP contribution in [0.2, 0.25) is 0 Å². The van der Waals surface area contributed by atoms with Gasteiger partial charge in [0.25, 0.3) is 0 Å². The molecule has 0 saturated carbocycles. The summed E-state index contributed by atoms with van der Waals surface area (Å²) >= 11 is 0. The molecule has 0 fully saturated rings. The number of allylic oxidation sites excluding steroid dienone is 4. The lowest BCUT2D eigenvalue weighted by Crippen LogP contribution is -2.69. The molecule has 0 nitrogen and oxygen atoms in total. The summed E-state index contributed by atoms with van der Waals surface area (Å²) in [5.74, 6) is 3.28. The van der Waals surface area contributed by atoms with Crippen molar-refractivity contribution >= 4 is 23.6 Å². The van der Waals surface area contributed by atoms with E-state index in [1.54, 1.807) is 26.3 Å². The normalized spacial score (nSPS) is 14.2. The van der Waals surface area contributed by atoms with Crippen LogP contribution < -0.4 is 15.6 Å². The molecule has 3 aromatic carbocycles. The molecule has 0 atom stereocenters. The maximum atomic E-state index is 2.64. The second kappa shape index (κ2) is 14.0. The van der Waals surface area contributed by atoms with Gasteiger partial charge in [0.05, 0.1) is 0 Å². The molecule has 45 heavy (non-hydrogen) atoms. The third-order valence-electron chi connectivity index (χ3n) is 10.3. The summed E-state index contributed by atoms with van der Waals surface area (Å²) < 4.78 is 0. The highest BCUT2D eigenvalue weighted by molar-refractivity contribution is 7.16. The largest absolute Gasteiger partial charge is 0.176 e. The third kappa shape index (κ3) is 7.05. The SMILES string of the molecule is CC(C)C1=C([Si](c2cc(C(C)C)cc(C(C)C)c2)(c2cc(C(C)C)cc(C(C)C)c2)c2cc(C(C)C)cc(C(C)C)c2)CC=C1. The first-order valence-corrected chi connectivity index (χ1v) is 19.9. The van der Waals surface area contributed by atoms with Gasteiger partial charge in [-0.2, -0.15) is 0 Å². The molecule has 0 saturated heterocycles. The minimum Gasteiger partial charge on any atom is -0.0805 e. The Morgan fingerprint density at radius 2 is 0.644 bits per heavy atom. The fraction of sp³-hybridized carbons (Fsp3) is 0.500. The highest BCUT2D eigenvalue weighted by atomic mass is 28.3. The maximum Gasteiger partial charge on any atom is 0.176 e. The van der Waals surface area contributed by atoms with Crippen LogP contribution in [0.4, 0.5) is 0 Å². The van der Waals surface area contributed by atoms with E-state index in [1.165, 1.54) is 33.4 Å². The Bertz CT molecular complexity index is 1320. The van der Waals surface area contributed by atoms with Gasteiger partial charge in [-0.15, -0.1) is 0 Å². The zero-order chi connectivity index (χ0) is 33.4. The lowest BCUT2D eigenvalue weighted by Gasteiger charge is -2.39. The van der Waals surface area contributed by atoms with E-state index in [-0.39, 0.29) is 0 Å². The quantitative estimate of drug-likeness (QED) is 0.148. The molecule has 1 aliphatic carbocycles. The van der Waals surface area contributed by atoms with Gasteiger partial charge in [-0.05, 0) is 102 Å². The minimum absolute atomic E-state index is 0.468. The van der Waals surface area contributed by atoms with Crippen molar-refractivity contribution in [2.75, 3.05) is 0 Å². The Kier molecular flexibility index (Phi) is 11.0. The Labute approximate surface area is 278 Å². The topological polar surface area (TPSA) is 0 Å². The van der Waals surface area contributed by atoms with Crippen molar-refractivity contribution < 1.29 is 0 Å². The van der Waals surface area contributed by atoms with Crippen molar-refractivity contribution in [2.24, 2.45) is 5.92 Å². The van der Waals surface area contributed by atoms with Gasteiger partial charge in [-0.25, -0.2) is 0 Å². The number of benzene rings is 3. The molecule has 0 aliphatic heterocycles. The molecule has 1 aliphatic rings. The first-order valence-electron chi connectivity index (χ1n) is 17.9. The van der Waals surface area contributed by atoms with Gasteiger partial charge in [0.2, 0.25) is 0 Å². The first-order chi connectivity index (χ1) is 21.1. The van der Waals surface area contributed by atoms with Gasteiger partial charge in [0.1, 0.15) is 0 Å². The summed E-state index contributed by atoms with van der Waals surface area (Å²) in [6.45, 7) is 33.2. The second-order valence-electron chi connectivity index (χ2n) is 16.0. The predicted molar refractivity (Wildman–Crippen MR) is 204 cm³/mol. The Morgan fingerprint density at radius 3 is 0.867 bits per heavy atom. The Balaban J connectivity index is 2.38. The molecule has 0 aromatic heterocycles. The molecule has 4 rings (SSSR count). The second-order valence-corrected chi connectivity index (χ2v) is 19.9. The molecule has 0 N–H and O–H groups in total. The van der Waals surface area contributed by atoms with E-state index in [1.807, 2.05) is 0 Å². The fourth-order valence-electron chi connectivity index (χ4n) is 7.13. The van der Waals surface area contributed by atoms with Crippen LogP contribution in [0.3, 0.4) is 0 Å². The van der Waals surface area contributed by atoms with Crippen LogP contribution in [0.5, 0.6) is 0 Å². The summed E-state index contributed by atoms with van der Waals surface area (Å²) in [5, 5.41) is 6.40. The molecule has 3 aromatic rings. The van der Waals surface area contributed by atoms with E-state index in [9.17, 15) is 0 Å². The van der Waals surface area contributed by atoms with Crippen LogP contribution >= 0.6 is 0 Å². The smallest absolute Gasteiger partial charge is 0.0805 e. The minimum atomic E-state index is -2.76. The molecule has 0 amide bonds. The molecule has 0 spiro atoms. The van der Waals surface area contributed by atoms with Crippen LogP contribution in [-0.2, 0) is 0 Å². The van der Waals surface area contributed by atoms with Crippen LogP contribution in [0, 0.1) is 5.92 Å². The number of rotatable bonds is 11. The highest BCUT2D eigenvalue weighted by Gasteiger charge is 2.46. The van der Waals surface area contributed by atoms with Crippen molar-refractivity contribution in [3.63, 3.8) is 0 Å². The summed E-state index contributed by atoms with van der Waals surface area (Å²) in [7, 11) is -2.76. The van der Waals surface area contributed by atoms with E-state index < -0.39 is 8.07 Å². The van der Waals surface area contributed by atoms with Crippen molar-refractivity contribution in [3.05, 3.63) is 111 Å². The first kappa shape index (κ1) is 35.2. The van der Waals surface area contributed by atoms with Crippen molar-refractivity contribution in [1.82, 2.24) is 0 Å². The van der Waals surface area contributed by atoms with Crippen LogP contribution in [0.1, 0.15) is 172 Å². The highest BCUT2D eigenvalue weighted by Crippen LogP contribution is 2.36. The monoisotopic (exact) mass is 618 g/mol. The standard InChI is InChI=1S/C44H62Si/c1-27(2)34-18-35(28(3)4)22-40(21-34)45(44-17-15-16-43(44)33(13)14,41-23-36(29(5)6)19-37(24-41)30(7)8)42-25-38(31(9)10)20-39(26-42)32(11)12/h15-16,18-33H,17H2,1-14H3. The van der Waals surface area contributed by atoms with Crippen LogP contribution in [0.25, 0.3) is 0 Å². The maximum absolute atomic E-state index is 2.76. The molecule has 0 radical (unpaired) electrons. The van der Waals surface area contributed by atoms with E-state index >= 15 is 0 Å². The molecule has 0 heterocycles. The summed E-state index contributed by atoms with van der Waals surface area (Å²) in [5.41, 5.74) is 10.4. The van der Waals surface area contributed by atoms with Gasteiger partial charge >= 0.3 is 0 Å². The third-order valence-corrected chi connectivity index (χ3v) is 15.1. The van der Waals surface area contributed by atoms with E-state index in [4.69, 9.17) is 0 Å².